The van der Waals surface area contributed by atoms with Gasteiger partial charge >= 0.3 is 0 Å². The summed E-state index contributed by atoms with van der Waals surface area (Å²) in [4.78, 5) is 0. The highest BCUT2D eigenvalue weighted by Crippen LogP contribution is 2.76. The fourth-order valence-corrected chi connectivity index (χ4v) is 10.6. The van der Waals surface area contributed by atoms with Gasteiger partial charge in [0.2, 0.25) is 0 Å². The smallest absolute Gasteiger partial charge is 0.0207 e. The molecule has 0 spiro atoms. The molecule has 1 aliphatic carbocycles. The van der Waals surface area contributed by atoms with Crippen molar-refractivity contribution in [3.8, 4) is 0 Å². The Morgan fingerprint density at radius 3 is 1.61 bits per heavy atom. The zero-order valence-corrected chi connectivity index (χ0v) is 32.3. The van der Waals surface area contributed by atoms with E-state index in [1.165, 1.54) is 44.9 Å². The molecule has 0 heteroatoms. The molecule has 0 aromatic rings. The predicted octanol–water partition coefficient (Wildman–Crippen LogP) is 13.8. The van der Waals surface area contributed by atoms with Gasteiger partial charge in [-0.15, -0.1) is 0 Å². The van der Waals surface area contributed by atoms with Crippen LogP contribution in [0.4, 0.5) is 0 Å². The van der Waals surface area contributed by atoms with Gasteiger partial charge in [-0.2, -0.15) is 0 Å². The van der Waals surface area contributed by atoms with E-state index in [1.807, 2.05) is 0 Å². The lowest BCUT2D eigenvalue weighted by Crippen LogP contribution is -2.70. The Morgan fingerprint density at radius 2 is 1.17 bits per heavy atom. The van der Waals surface area contributed by atoms with E-state index in [0.717, 1.165) is 47.3 Å². The van der Waals surface area contributed by atoms with E-state index in [2.05, 4.69) is 132 Å². The summed E-state index contributed by atoms with van der Waals surface area (Å²) in [5, 5.41) is 0. The van der Waals surface area contributed by atoms with Crippen molar-refractivity contribution in [2.75, 3.05) is 0 Å². The number of unbranched alkanes of at least 4 members (excludes halogenated alkanes) is 2. The highest BCUT2D eigenvalue weighted by molar-refractivity contribution is 5.18. The second-order valence-corrected chi connectivity index (χ2v) is 17.9. The minimum absolute atomic E-state index is 0.278. The Morgan fingerprint density at radius 1 is 0.634 bits per heavy atom. The molecule has 0 heterocycles. The van der Waals surface area contributed by atoms with Crippen molar-refractivity contribution in [1.82, 2.24) is 0 Å². The molecular weight excluding hydrogens is 492 g/mol. The molecule has 0 aliphatic heterocycles. The summed E-state index contributed by atoms with van der Waals surface area (Å²) in [5.74, 6) is 8.35. The first kappa shape index (κ1) is 39.0. The molecule has 1 fully saturated rings. The van der Waals surface area contributed by atoms with Crippen molar-refractivity contribution < 1.29 is 0 Å². The van der Waals surface area contributed by atoms with Gasteiger partial charge in [0.25, 0.3) is 0 Å². The summed E-state index contributed by atoms with van der Waals surface area (Å²) in [5.41, 5.74) is 1.31. The predicted molar refractivity (Wildman–Crippen MR) is 188 cm³/mol. The van der Waals surface area contributed by atoms with Crippen LogP contribution in [0.2, 0.25) is 0 Å². The normalized spacial score (nSPS) is 31.6. The number of hydrogen-bond acceptors (Lipinski definition) is 0. The zero-order valence-electron chi connectivity index (χ0n) is 32.3. The molecule has 0 N–H and O–H groups in total. The molecule has 0 radical (unpaired) electrons. The fraction of sp³-hybridized carbons (Fsp3) is 1.00. The fourth-order valence-electron chi connectivity index (χ4n) is 10.6. The first-order valence-corrected chi connectivity index (χ1v) is 18.7. The Bertz CT molecular complexity index is 758. The highest BCUT2D eigenvalue weighted by Gasteiger charge is 2.71. The minimum Gasteiger partial charge on any atom is -0.0654 e. The molecule has 10 unspecified atom stereocenters. The van der Waals surface area contributed by atoms with Crippen molar-refractivity contribution in [1.29, 1.82) is 0 Å². The first-order chi connectivity index (χ1) is 18.7. The maximum Gasteiger partial charge on any atom is -0.0207 e. The van der Waals surface area contributed by atoms with E-state index in [1.54, 1.807) is 0 Å². The van der Waals surface area contributed by atoms with Crippen LogP contribution in [0.15, 0.2) is 0 Å². The van der Waals surface area contributed by atoms with Gasteiger partial charge in [-0.05, 0) is 93.2 Å². The molecule has 41 heavy (non-hydrogen) atoms. The third-order valence-electron chi connectivity index (χ3n) is 16.4. The van der Waals surface area contributed by atoms with Crippen molar-refractivity contribution in [3.05, 3.63) is 0 Å². The Balaban J connectivity index is 3.50. The van der Waals surface area contributed by atoms with Gasteiger partial charge in [-0.25, -0.2) is 0 Å². The lowest BCUT2D eigenvalue weighted by Gasteiger charge is -2.75. The molecule has 0 amide bonds. The van der Waals surface area contributed by atoms with Gasteiger partial charge in [0.1, 0.15) is 0 Å². The minimum atomic E-state index is 0.278. The average molecular weight is 575 g/mol. The second-order valence-electron chi connectivity index (χ2n) is 17.9. The molecule has 1 rings (SSSR count). The Kier molecular flexibility index (Phi) is 14.1. The maximum absolute atomic E-state index is 2.77. The van der Waals surface area contributed by atoms with Crippen LogP contribution < -0.4 is 0 Å². The van der Waals surface area contributed by atoms with E-state index >= 15 is 0 Å². The summed E-state index contributed by atoms with van der Waals surface area (Å²) < 4.78 is 0. The van der Waals surface area contributed by atoms with Gasteiger partial charge in [-0.3, -0.25) is 0 Å². The Labute approximate surface area is 262 Å². The molecule has 12 atom stereocenters. The van der Waals surface area contributed by atoms with Crippen LogP contribution in [0.3, 0.4) is 0 Å². The summed E-state index contributed by atoms with van der Waals surface area (Å²) >= 11 is 0. The monoisotopic (exact) mass is 575 g/mol. The molecule has 246 valence electrons. The van der Waals surface area contributed by atoms with E-state index < -0.39 is 0 Å². The third-order valence-corrected chi connectivity index (χ3v) is 16.4. The molecule has 0 aromatic heterocycles. The molecule has 0 aromatic carbocycles. The summed E-state index contributed by atoms with van der Waals surface area (Å²) in [6.07, 6.45) is 9.46. The van der Waals surface area contributed by atoms with Crippen molar-refractivity contribution in [3.63, 3.8) is 0 Å². The van der Waals surface area contributed by atoms with Crippen molar-refractivity contribution in [2.45, 2.75) is 176 Å². The van der Waals surface area contributed by atoms with Gasteiger partial charge < -0.3 is 0 Å². The lowest BCUT2D eigenvalue weighted by molar-refractivity contribution is -0.280. The number of rotatable bonds is 18. The Hall–Kier alpha value is 0. The largest absolute Gasteiger partial charge is 0.0654 e. The lowest BCUT2D eigenvalue weighted by atomic mass is 9.29. The second kappa shape index (κ2) is 14.9. The van der Waals surface area contributed by atoms with Crippen LogP contribution in [-0.4, -0.2) is 0 Å². The molecule has 1 saturated carbocycles. The standard InChI is InChI=1S/C41H82/c1-20-23-24-26-29(7)38(14,15)39(16,17)34(12)35(13)41(19)36(25-21-2)37(40(41,18)27(4)5)33(11)32(10)31(9)30(8)28(6)22-3/h27-37H,20-26H2,1-19H3/t28?,29?,30?,31?,32?,33?,34?,35?,36-,37+,40?,41?/m0/s1. The SMILES string of the molecule is CCCCCC(C)C(C)(C)C(C)(C)C(C)C(C)C1(C)[C@@H](CCC)[C@@H](C(C)C(C)C(C)C(C)C(C)CC)C1(C)C(C)C. The summed E-state index contributed by atoms with van der Waals surface area (Å²) in [7, 11) is 0. The highest BCUT2D eigenvalue weighted by atomic mass is 14.7. The van der Waals surface area contributed by atoms with Crippen molar-refractivity contribution in [2.24, 2.45) is 86.8 Å². The van der Waals surface area contributed by atoms with Crippen LogP contribution in [0.5, 0.6) is 0 Å². The van der Waals surface area contributed by atoms with Gasteiger partial charge in [-0.1, -0.05) is 170 Å². The van der Waals surface area contributed by atoms with E-state index in [4.69, 9.17) is 0 Å². The van der Waals surface area contributed by atoms with Crippen LogP contribution in [0.25, 0.3) is 0 Å². The molecule has 0 nitrogen and oxygen atoms in total. The first-order valence-electron chi connectivity index (χ1n) is 18.7. The molecule has 0 bridgehead atoms. The molecule has 1 aliphatic rings. The quantitative estimate of drug-likeness (QED) is 0.143. The summed E-state index contributed by atoms with van der Waals surface area (Å²) in [6.45, 7) is 49.0. The number of hydrogen-bond donors (Lipinski definition) is 0. The average Bonchev–Trinajstić information content (AvgIpc) is 2.93. The molecular formula is C41H82. The topological polar surface area (TPSA) is 0 Å². The van der Waals surface area contributed by atoms with E-state index in [9.17, 15) is 0 Å². The van der Waals surface area contributed by atoms with Crippen LogP contribution in [0.1, 0.15) is 176 Å². The van der Waals surface area contributed by atoms with Crippen LogP contribution in [0, 0.1) is 86.8 Å². The zero-order chi connectivity index (χ0) is 32.3. The third kappa shape index (κ3) is 6.82. The molecule has 0 saturated heterocycles. The van der Waals surface area contributed by atoms with Crippen molar-refractivity contribution >= 4 is 0 Å². The van der Waals surface area contributed by atoms with Crippen LogP contribution in [-0.2, 0) is 0 Å². The van der Waals surface area contributed by atoms with Gasteiger partial charge in [0.05, 0.1) is 0 Å². The summed E-state index contributed by atoms with van der Waals surface area (Å²) in [6, 6.07) is 0. The van der Waals surface area contributed by atoms with E-state index in [0.29, 0.717) is 34.0 Å². The van der Waals surface area contributed by atoms with Gasteiger partial charge in [0, 0.05) is 0 Å². The van der Waals surface area contributed by atoms with Crippen LogP contribution >= 0.6 is 0 Å². The van der Waals surface area contributed by atoms with Gasteiger partial charge in [0.15, 0.2) is 0 Å². The van der Waals surface area contributed by atoms with E-state index in [-0.39, 0.29) is 5.41 Å². The maximum atomic E-state index is 2.77.